The highest BCUT2D eigenvalue weighted by Gasteiger charge is 2.38. The first-order valence-electron chi connectivity index (χ1n) is 24.0. The van der Waals surface area contributed by atoms with Gasteiger partial charge in [-0.2, -0.15) is 0 Å². The van der Waals surface area contributed by atoms with Gasteiger partial charge in [-0.05, 0) is 142 Å². The number of aryl methyl sites for hydroxylation is 1. The summed E-state index contributed by atoms with van der Waals surface area (Å²) in [6, 6.07) is 47.9. The van der Waals surface area contributed by atoms with E-state index < -0.39 is 0 Å². The fourth-order valence-electron chi connectivity index (χ4n) is 12.1. The second kappa shape index (κ2) is 13.2. The normalized spacial score (nSPS) is 15.4. The molecule has 0 saturated heterocycles. The second-order valence-electron chi connectivity index (χ2n) is 22.1. The number of furan rings is 2. The van der Waals surface area contributed by atoms with Crippen molar-refractivity contribution in [2.75, 3.05) is 5.32 Å². The van der Waals surface area contributed by atoms with Crippen LogP contribution in [0.4, 0.5) is 11.4 Å². The third-order valence-corrected chi connectivity index (χ3v) is 17.0. The van der Waals surface area contributed by atoms with E-state index >= 15 is 0 Å². The van der Waals surface area contributed by atoms with Gasteiger partial charge in [-0.3, -0.25) is 0 Å². The van der Waals surface area contributed by atoms with Crippen LogP contribution in [0.2, 0.25) is 0 Å². The largest absolute Gasteiger partial charge is 0.456 e. The van der Waals surface area contributed by atoms with Gasteiger partial charge in [0.1, 0.15) is 22.3 Å². The molecule has 0 radical (unpaired) electrons. The van der Waals surface area contributed by atoms with Gasteiger partial charge in [0.15, 0.2) is 7.28 Å². The van der Waals surface area contributed by atoms with Crippen molar-refractivity contribution in [3.05, 3.63) is 150 Å². The molecule has 8 aromatic carbocycles. The summed E-state index contributed by atoms with van der Waals surface area (Å²) in [5.74, 6) is 0. The molecule has 5 heterocycles. The molecule has 0 atom stereocenters. The number of nitrogens with zero attached hydrogens (tertiary/aromatic N) is 1. The molecule has 6 heteroatoms. The fourth-order valence-corrected chi connectivity index (χ4v) is 13.3. The minimum Gasteiger partial charge on any atom is -0.456 e. The van der Waals surface area contributed by atoms with Crippen LogP contribution < -0.4 is 16.2 Å². The average molecular weight is 887 g/mol. The molecule has 0 fully saturated rings. The van der Waals surface area contributed by atoms with Crippen LogP contribution in [-0.2, 0) is 16.2 Å². The molecule has 14 rings (SSSR count). The molecule has 12 aromatic rings. The molecule has 1 aliphatic carbocycles. The van der Waals surface area contributed by atoms with Crippen LogP contribution >= 0.6 is 11.3 Å². The zero-order valence-corrected chi connectivity index (χ0v) is 40.2. The smallest absolute Gasteiger partial charge is 0.198 e. The lowest BCUT2D eigenvalue weighted by Gasteiger charge is -2.41. The maximum Gasteiger partial charge on any atom is 0.198 e. The van der Waals surface area contributed by atoms with Crippen molar-refractivity contribution in [2.45, 2.75) is 84.5 Å². The van der Waals surface area contributed by atoms with Gasteiger partial charge in [-0.15, -0.1) is 11.3 Å². The number of hydrogen-bond acceptors (Lipinski definition) is 4. The number of fused-ring (bicyclic) bond motifs is 15. The zero-order chi connectivity index (χ0) is 45.5. The van der Waals surface area contributed by atoms with Gasteiger partial charge in [0.05, 0.1) is 5.52 Å². The summed E-state index contributed by atoms with van der Waals surface area (Å²) in [4.78, 5) is 0. The van der Waals surface area contributed by atoms with E-state index in [2.05, 4.69) is 193 Å². The van der Waals surface area contributed by atoms with E-state index in [9.17, 15) is 0 Å². The molecule has 0 unspecified atom stereocenters. The van der Waals surface area contributed by atoms with Crippen LogP contribution in [0.5, 0.6) is 0 Å². The van der Waals surface area contributed by atoms with Crippen molar-refractivity contribution >= 4 is 127 Å². The summed E-state index contributed by atoms with van der Waals surface area (Å²) in [6.07, 6.45) is 2.39. The Bertz CT molecular complexity index is 4150. The van der Waals surface area contributed by atoms with Gasteiger partial charge in [0, 0.05) is 80.6 Å². The summed E-state index contributed by atoms with van der Waals surface area (Å²) >= 11 is 1.93. The van der Waals surface area contributed by atoms with E-state index in [-0.39, 0.29) is 16.2 Å². The first-order chi connectivity index (χ1) is 32.2. The van der Waals surface area contributed by atoms with E-state index in [4.69, 9.17) is 8.83 Å². The van der Waals surface area contributed by atoms with Crippen LogP contribution in [0.1, 0.15) is 83.6 Å². The monoisotopic (exact) mass is 886 g/mol. The van der Waals surface area contributed by atoms with Crippen LogP contribution in [-0.4, -0.2) is 11.8 Å². The third kappa shape index (κ3) is 5.60. The van der Waals surface area contributed by atoms with Crippen LogP contribution in [0.25, 0.3) is 103 Å². The highest BCUT2D eigenvalue weighted by molar-refractivity contribution is 7.25. The average Bonchev–Trinajstić information content (AvgIpc) is 4.05. The number of aromatic nitrogens is 1. The number of rotatable bonds is 3. The van der Waals surface area contributed by atoms with Crippen molar-refractivity contribution in [2.24, 2.45) is 0 Å². The lowest BCUT2D eigenvalue weighted by atomic mass is 9.58. The summed E-state index contributed by atoms with van der Waals surface area (Å²) in [5.41, 5.74) is 20.5. The first kappa shape index (κ1) is 39.4. The Morgan fingerprint density at radius 1 is 0.597 bits per heavy atom. The predicted molar refractivity (Wildman–Crippen MR) is 289 cm³/mol. The summed E-state index contributed by atoms with van der Waals surface area (Å²) in [7, 11) is 0.767. The van der Waals surface area contributed by atoms with Gasteiger partial charge in [0.2, 0.25) is 0 Å². The van der Waals surface area contributed by atoms with Crippen molar-refractivity contribution < 1.29 is 8.83 Å². The quantitative estimate of drug-likeness (QED) is 0.180. The number of nitrogens with one attached hydrogen (secondary N) is 1. The molecular formula is C61H51BN2O2S. The minimum atomic E-state index is 0.0654. The summed E-state index contributed by atoms with van der Waals surface area (Å²) in [6.45, 7) is 18.9. The molecule has 4 nitrogen and oxygen atoms in total. The Morgan fingerprint density at radius 2 is 1.22 bits per heavy atom. The van der Waals surface area contributed by atoms with Crippen LogP contribution in [0.15, 0.2) is 136 Å². The zero-order valence-electron chi connectivity index (χ0n) is 39.4. The molecular weight excluding hydrogens is 836 g/mol. The number of benzene rings is 8. The van der Waals surface area contributed by atoms with Gasteiger partial charge < -0.3 is 18.7 Å². The Hall–Kier alpha value is -6.76. The Labute approximate surface area is 394 Å². The number of thiophene rings is 1. The molecule has 4 aromatic heterocycles. The Morgan fingerprint density at radius 3 is 1.93 bits per heavy atom. The van der Waals surface area contributed by atoms with E-state index in [1.54, 1.807) is 0 Å². The minimum absolute atomic E-state index is 0.0654. The summed E-state index contributed by atoms with van der Waals surface area (Å²) < 4.78 is 18.4. The molecule has 67 heavy (non-hydrogen) atoms. The molecule has 2 aliphatic rings. The maximum atomic E-state index is 6.61. The first-order valence-corrected chi connectivity index (χ1v) is 24.8. The Kier molecular flexibility index (Phi) is 7.78. The van der Waals surface area contributed by atoms with Crippen molar-refractivity contribution in [1.29, 1.82) is 0 Å². The summed E-state index contributed by atoms with van der Waals surface area (Å²) in [5, 5.41) is 13.7. The predicted octanol–water partition coefficient (Wildman–Crippen LogP) is 16.0. The number of anilines is 2. The fraction of sp³-hybridized carbons (Fsp3) is 0.213. The second-order valence-corrected chi connectivity index (χ2v) is 23.2. The molecule has 0 bridgehead atoms. The van der Waals surface area contributed by atoms with E-state index in [1.165, 1.54) is 105 Å². The van der Waals surface area contributed by atoms with Gasteiger partial charge >= 0.3 is 0 Å². The number of para-hydroxylation sites is 2. The molecule has 0 amide bonds. The van der Waals surface area contributed by atoms with Crippen molar-refractivity contribution in [3.63, 3.8) is 0 Å². The topological polar surface area (TPSA) is 43.2 Å². The molecule has 1 N–H and O–H groups in total. The molecule has 326 valence electrons. The SMILES string of the molecule is Cc1cc(-c2cc3c(cc2Nc2ccc(C(C)(C)C)cc2)sc2cc4c(cc23)C(C)(C)CCC4(C)C)c2c3c1c1cc4oc5ccccc5c4cc1n3-c1cc3c(cc1B2)oc1ccccc13. The highest BCUT2D eigenvalue weighted by Crippen LogP contribution is 2.51. The van der Waals surface area contributed by atoms with E-state index in [0.717, 1.165) is 62.5 Å². The lowest BCUT2D eigenvalue weighted by molar-refractivity contribution is 0.332. The number of hydrogen-bond donors (Lipinski definition) is 1. The Balaban J connectivity index is 1.08. The van der Waals surface area contributed by atoms with Crippen molar-refractivity contribution in [3.8, 4) is 16.8 Å². The molecule has 0 spiro atoms. The highest BCUT2D eigenvalue weighted by atomic mass is 32.1. The molecule has 1 aliphatic heterocycles. The molecule has 0 saturated carbocycles. The van der Waals surface area contributed by atoms with Gasteiger partial charge in [-0.25, -0.2) is 0 Å². The third-order valence-electron chi connectivity index (χ3n) is 15.9. The van der Waals surface area contributed by atoms with Crippen LogP contribution in [0.3, 0.4) is 0 Å². The van der Waals surface area contributed by atoms with Gasteiger partial charge in [0.25, 0.3) is 0 Å². The van der Waals surface area contributed by atoms with Gasteiger partial charge in [-0.1, -0.05) is 109 Å². The van der Waals surface area contributed by atoms with E-state index in [1.807, 2.05) is 11.3 Å². The standard InChI is InChI=1S/C61H51BN2O2S/c1-32-23-42(37-24-40-41-25-44-45(61(7,8)22-21-60(44,5)6)29-54(41)67-55(40)31-47(37)63-34-19-17-33(18-20-34)59(2,3)4)57-58-56(32)43-28-52-38(35-13-9-11-15-50(35)65-52)26-48(43)64(58)49-27-39-36-14-10-12-16-51(36)66-53(39)30-46(49)62-57/h9-20,23-31,62-63H,21-22H2,1-8H3. The van der Waals surface area contributed by atoms with E-state index in [0.29, 0.717) is 0 Å². The maximum absolute atomic E-state index is 6.61. The lowest BCUT2D eigenvalue weighted by Crippen LogP contribution is -2.37. The van der Waals surface area contributed by atoms with Crippen LogP contribution in [0, 0.1) is 6.92 Å². The van der Waals surface area contributed by atoms with Crippen molar-refractivity contribution in [1.82, 2.24) is 4.57 Å².